The van der Waals surface area contributed by atoms with Crippen molar-refractivity contribution in [2.75, 3.05) is 13.1 Å². The van der Waals surface area contributed by atoms with E-state index < -0.39 is 0 Å². The lowest BCUT2D eigenvalue weighted by Crippen LogP contribution is -2.50. The lowest BCUT2D eigenvalue weighted by molar-refractivity contribution is -0.127. The average Bonchev–Trinajstić information content (AvgIpc) is 3.28. The molecule has 1 aliphatic carbocycles. The van der Waals surface area contributed by atoms with Crippen LogP contribution in [0.5, 0.6) is 0 Å². The summed E-state index contributed by atoms with van der Waals surface area (Å²) in [5.41, 5.74) is 1.82. The van der Waals surface area contributed by atoms with Crippen LogP contribution in [0, 0.1) is 17.8 Å². The van der Waals surface area contributed by atoms with E-state index in [0.29, 0.717) is 18.4 Å². The highest BCUT2D eigenvalue weighted by Gasteiger charge is 2.33. The molecule has 152 valence electrons. The Kier molecular flexibility index (Phi) is 5.50. The van der Waals surface area contributed by atoms with Gasteiger partial charge in [0.2, 0.25) is 5.91 Å². The summed E-state index contributed by atoms with van der Waals surface area (Å²) in [5, 5.41) is 5.37. The fraction of sp³-hybridized carbons (Fsp3) is 0.636. The van der Waals surface area contributed by atoms with E-state index in [1.165, 1.54) is 12.8 Å². The summed E-state index contributed by atoms with van der Waals surface area (Å²) in [5.74, 6) is 1.27. The maximum Gasteiger partial charge on any atom is 0.270 e. The molecule has 0 radical (unpaired) electrons. The number of hydrogen-bond acceptors (Lipinski definition) is 3. The molecule has 0 aromatic carbocycles. The highest BCUT2D eigenvalue weighted by molar-refractivity contribution is 7.17. The highest BCUT2D eigenvalue weighted by atomic mass is 32.1. The summed E-state index contributed by atoms with van der Waals surface area (Å²) in [4.78, 5) is 27.9. The van der Waals surface area contributed by atoms with Crippen molar-refractivity contribution in [2.24, 2.45) is 24.8 Å². The van der Waals surface area contributed by atoms with Crippen molar-refractivity contribution in [1.82, 2.24) is 14.8 Å². The number of nitrogens with zero attached hydrogens (tertiary/aromatic N) is 2. The lowest BCUT2D eigenvalue weighted by Gasteiger charge is -2.37. The molecule has 0 spiro atoms. The van der Waals surface area contributed by atoms with Gasteiger partial charge >= 0.3 is 0 Å². The second-order valence-electron chi connectivity index (χ2n) is 8.73. The highest BCUT2D eigenvalue weighted by Crippen LogP contribution is 2.30. The van der Waals surface area contributed by atoms with Crippen LogP contribution in [0.3, 0.4) is 0 Å². The van der Waals surface area contributed by atoms with Gasteiger partial charge in [-0.05, 0) is 48.6 Å². The van der Waals surface area contributed by atoms with Crippen molar-refractivity contribution in [3.8, 4) is 0 Å². The fourth-order valence-corrected chi connectivity index (χ4v) is 5.73. The summed E-state index contributed by atoms with van der Waals surface area (Å²) in [6.45, 7) is 5.81. The molecule has 2 fully saturated rings. The molecule has 0 bridgehead atoms. The van der Waals surface area contributed by atoms with Crippen LogP contribution in [-0.4, -0.2) is 40.4 Å². The zero-order chi connectivity index (χ0) is 19.8. The molecule has 2 amide bonds. The van der Waals surface area contributed by atoms with Crippen LogP contribution in [-0.2, 0) is 11.8 Å². The molecule has 3 heterocycles. The molecule has 1 N–H and O–H groups in total. The van der Waals surface area contributed by atoms with Gasteiger partial charge in [0.25, 0.3) is 5.91 Å². The van der Waals surface area contributed by atoms with Gasteiger partial charge < -0.3 is 14.8 Å². The van der Waals surface area contributed by atoms with Crippen molar-refractivity contribution in [2.45, 2.75) is 52.0 Å². The Morgan fingerprint density at radius 3 is 2.79 bits per heavy atom. The van der Waals surface area contributed by atoms with Crippen LogP contribution >= 0.6 is 11.3 Å². The van der Waals surface area contributed by atoms with E-state index in [0.717, 1.165) is 41.7 Å². The van der Waals surface area contributed by atoms with Gasteiger partial charge in [-0.3, -0.25) is 9.59 Å². The summed E-state index contributed by atoms with van der Waals surface area (Å²) < 4.78 is 3.11. The number of nitrogens with one attached hydrogen (secondary N) is 1. The number of likely N-dealkylation sites (tertiary alicyclic amines) is 1. The fourth-order valence-electron chi connectivity index (χ4n) is 4.88. The number of aromatic nitrogens is 1. The summed E-state index contributed by atoms with van der Waals surface area (Å²) in [7, 11) is 1.95. The molecule has 0 unspecified atom stereocenters. The van der Waals surface area contributed by atoms with Crippen LogP contribution in [0.15, 0.2) is 17.5 Å². The van der Waals surface area contributed by atoms with E-state index in [9.17, 15) is 9.59 Å². The van der Waals surface area contributed by atoms with E-state index >= 15 is 0 Å². The van der Waals surface area contributed by atoms with E-state index in [1.54, 1.807) is 11.3 Å². The number of fused-ring (bicyclic) bond motifs is 1. The van der Waals surface area contributed by atoms with Gasteiger partial charge in [0, 0.05) is 26.2 Å². The molecule has 28 heavy (non-hydrogen) atoms. The molecular weight excluding hydrogens is 370 g/mol. The van der Waals surface area contributed by atoms with Gasteiger partial charge in [0.15, 0.2) is 0 Å². The third kappa shape index (κ3) is 3.59. The maximum atomic E-state index is 13.1. The number of carbonyl (C=O) groups is 2. The smallest absolute Gasteiger partial charge is 0.270 e. The van der Waals surface area contributed by atoms with Gasteiger partial charge in [0.05, 0.1) is 16.1 Å². The first-order valence-corrected chi connectivity index (χ1v) is 11.5. The maximum absolute atomic E-state index is 13.1. The molecule has 1 saturated carbocycles. The summed E-state index contributed by atoms with van der Waals surface area (Å²) in [6.07, 6.45) is 5.28. The quantitative estimate of drug-likeness (QED) is 0.844. The average molecular weight is 402 g/mol. The topological polar surface area (TPSA) is 54.3 Å². The third-order valence-corrected chi connectivity index (χ3v) is 7.85. The zero-order valence-electron chi connectivity index (χ0n) is 17.1. The molecular formula is C22H31N3O2S. The van der Waals surface area contributed by atoms with Gasteiger partial charge in [-0.15, -0.1) is 11.3 Å². The minimum Gasteiger partial charge on any atom is -0.353 e. The first-order chi connectivity index (χ1) is 13.5. The number of carbonyl (C=O) groups excluding carboxylic acids is 2. The summed E-state index contributed by atoms with van der Waals surface area (Å²) in [6, 6.07) is 4.31. The van der Waals surface area contributed by atoms with Crippen LogP contribution in [0.4, 0.5) is 0 Å². The van der Waals surface area contributed by atoms with Crippen LogP contribution < -0.4 is 5.32 Å². The first-order valence-electron chi connectivity index (χ1n) is 10.6. The van der Waals surface area contributed by atoms with Crippen LogP contribution in [0.25, 0.3) is 10.2 Å². The number of thiophene rings is 1. The van der Waals surface area contributed by atoms with E-state index in [4.69, 9.17) is 0 Å². The normalized spacial score (nSPS) is 28.5. The molecule has 6 heteroatoms. The van der Waals surface area contributed by atoms with E-state index in [2.05, 4.69) is 25.2 Å². The third-order valence-electron chi connectivity index (χ3n) is 7.00. The Morgan fingerprint density at radius 1 is 1.18 bits per heavy atom. The van der Waals surface area contributed by atoms with Crippen molar-refractivity contribution in [1.29, 1.82) is 0 Å². The predicted octanol–water partition coefficient (Wildman–Crippen LogP) is 4.03. The largest absolute Gasteiger partial charge is 0.353 e. The molecule has 2 aliphatic rings. The minimum absolute atomic E-state index is 0.0445. The molecule has 1 aliphatic heterocycles. The van der Waals surface area contributed by atoms with Gasteiger partial charge in [0.1, 0.15) is 5.69 Å². The Hall–Kier alpha value is -1.82. The van der Waals surface area contributed by atoms with Gasteiger partial charge in [-0.1, -0.05) is 26.7 Å². The number of piperidine rings is 1. The first kappa shape index (κ1) is 19.5. The van der Waals surface area contributed by atoms with Gasteiger partial charge in [-0.2, -0.15) is 0 Å². The molecule has 2 aromatic heterocycles. The van der Waals surface area contributed by atoms with Crippen molar-refractivity contribution < 1.29 is 9.59 Å². The van der Waals surface area contributed by atoms with E-state index in [1.807, 2.05) is 28.0 Å². The van der Waals surface area contributed by atoms with Crippen LogP contribution in [0.2, 0.25) is 0 Å². The Bertz CT molecular complexity index is 870. The SMILES string of the molecule is C[C@H]1[C@H](C)CCC[C@@H]1NC(=O)[C@H]1CCCN(C(=O)c2cc3sccc3n2C)C1. The molecule has 2 aromatic rings. The second-order valence-corrected chi connectivity index (χ2v) is 9.68. The monoisotopic (exact) mass is 401 g/mol. The molecule has 4 atom stereocenters. The number of amides is 2. The van der Waals surface area contributed by atoms with E-state index in [-0.39, 0.29) is 23.8 Å². The Labute approximate surface area is 171 Å². The predicted molar refractivity (Wildman–Crippen MR) is 114 cm³/mol. The minimum atomic E-state index is -0.0940. The molecule has 4 rings (SSSR count). The lowest BCUT2D eigenvalue weighted by atomic mass is 9.78. The number of aryl methyl sites for hydroxylation is 1. The standard InChI is InChI=1S/C22H31N3O2S/c1-14-6-4-8-17(15(14)2)23-21(26)16-7-5-10-25(13-16)22(27)19-12-20-18(24(19)3)9-11-28-20/h9,11-12,14-17H,4-8,10,13H2,1-3H3,(H,23,26)/t14-,15+,16+,17+/m1/s1. The van der Waals surface area contributed by atoms with Crippen molar-refractivity contribution >= 4 is 33.4 Å². The summed E-state index contributed by atoms with van der Waals surface area (Å²) >= 11 is 1.66. The Morgan fingerprint density at radius 2 is 2.00 bits per heavy atom. The molecule has 5 nitrogen and oxygen atoms in total. The van der Waals surface area contributed by atoms with Crippen LogP contribution in [0.1, 0.15) is 56.4 Å². The number of rotatable bonds is 3. The Balaban J connectivity index is 1.42. The molecule has 1 saturated heterocycles. The van der Waals surface area contributed by atoms with Crippen molar-refractivity contribution in [3.05, 3.63) is 23.2 Å². The second kappa shape index (κ2) is 7.90. The number of hydrogen-bond donors (Lipinski definition) is 1. The van der Waals surface area contributed by atoms with Crippen molar-refractivity contribution in [3.63, 3.8) is 0 Å². The van der Waals surface area contributed by atoms with Gasteiger partial charge in [-0.25, -0.2) is 0 Å². The zero-order valence-corrected chi connectivity index (χ0v) is 17.9.